The monoisotopic (exact) mass is 262 g/mol. The van der Waals surface area contributed by atoms with Crippen molar-refractivity contribution in [1.82, 2.24) is 10.0 Å². The zero-order valence-electron chi connectivity index (χ0n) is 12.1. The van der Waals surface area contributed by atoms with Crippen molar-refractivity contribution in [2.24, 2.45) is 0 Å². The summed E-state index contributed by atoms with van der Waals surface area (Å²) < 4.78 is 0. The van der Waals surface area contributed by atoms with Crippen LogP contribution in [-0.2, 0) is 4.84 Å². The van der Waals surface area contributed by atoms with E-state index in [0.717, 1.165) is 19.3 Å². The SMILES string of the molecule is CC1(C)CCCC(C)(C)N1OC(=O)c1ccccn1. The first-order chi connectivity index (χ1) is 8.83. The molecule has 1 saturated heterocycles. The summed E-state index contributed by atoms with van der Waals surface area (Å²) in [5.41, 5.74) is 0.0536. The van der Waals surface area contributed by atoms with E-state index in [1.165, 1.54) is 0 Å². The van der Waals surface area contributed by atoms with Gasteiger partial charge in [0.05, 0.1) is 11.1 Å². The lowest BCUT2D eigenvalue weighted by Crippen LogP contribution is -2.58. The van der Waals surface area contributed by atoms with Gasteiger partial charge in [-0.05, 0) is 59.1 Å². The predicted molar refractivity (Wildman–Crippen MR) is 73.5 cm³/mol. The quantitative estimate of drug-likeness (QED) is 0.821. The van der Waals surface area contributed by atoms with Gasteiger partial charge in [-0.25, -0.2) is 9.78 Å². The van der Waals surface area contributed by atoms with Crippen molar-refractivity contribution < 1.29 is 9.63 Å². The molecular formula is C15H22N2O2. The summed E-state index contributed by atoms with van der Waals surface area (Å²) in [7, 11) is 0. The summed E-state index contributed by atoms with van der Waals surface area (Å²) in [4.78, 5) is 21.8. The Morgan fingerprint density at radius 3 is 2.37 bits per heavy atom. The van der Waals surface area contributed by atoms with Crippen molar-refractivity contribution in [3.63, 3.8) is 0 Å². The van der Waals surface area contributed by atoms with Crippen molar-refractivity contribution >= 4 is 5.97 Å². The number of hydrogen-bond donors (Lipinski definition) is 0. The molecule has 0 N–H and O–H groups in total. The van der Waals surface area contributed by atoms with Gasteiger partial charge in [0, 0.05) is 6.20 Å². The van der Waals surface area contributed by atoms with Crippen LogP contribution in [0.3, 0.4) is 0 Å². The van der Waals surface area contributed by atoms with E-state index >= 15 is 0 Å². The van der Waals surface area contributed by atoms with Gasteiger partial charge in [-0.15, -0.1) is 5.06 Å². The molecule has 1 aromatic rings. The number of carbonyl (C=O) groups excluding carboxylic acids is 1. The smallest absolute Gasteiger partial charge is 0.362 e. The highest BCUT2D eigenvalue weighted by Gasteiger charge is 2.44. The van der Waals surface area contributed by atoms with Crippen molar-refractivity contribution in [3.05, 3.63) is 30.1 Å². The molecule has 4 nitrogen and oxygen atoms in total. The molecule has 0 radical (unpaired) electrons. The summed E-state index contributed by atoms with van der Waals surface area (Å²) in [5, 5.41) is 1.85. The number of rotatable bonds is 2. The lowest BCUT2D eigenvalue weighted by Gasteiger charge is -2.50. The summed E-state index contributed by atoms with van der Waals surface area (Å²) in [6.45, 7) is 8.44. The van der Waals surface area contributed by atoms with Crippen molar-refractivity contribution in [3.8, 4) is 0 Å². The van der Waals surface area contributed by atoms with Gasteiger partial charge in [-0.3, -0.25) is 0 Å². The number of hydroxylamine groups is 2. The van der Waals surface area contributed by atoms with E-state index in [1.807, 2.05) is 5.06 Å². The van der Waals surface area contributed by atoms with Gasteiger partial charge in [0.15, 0.2) is 0 Å². The number of hydrogen-bond acceptors (Lipinski definition) is 4. The molecule has 0 atom stereocenters. The lowest BCUT2D eigenvalue weighted by molar-refractivity contribution is -0.241. The van der Waals surface area contributed by atoms with Gasteiger partial charge in [0.2, 0.25) is 0 Å². The Morgan fingerprint density at radius 2 is 1.84 bits per heavy atom. The fraction of sp³-hybridized carbons (Fsp3) is 0.600. The van der Waals surface area contributed by atoms with Crippen LogP contribution >= 0.6 is 0 Å². The molecule has 0 spiro atoms. The van der Waals surface area contributed by atoms with Crippen molar-refractivity contribution in [1.29, 1.82) is 0 Å². The van der Waals surface area contributed by atoms with Crippen LogP contribution in [0.1, 0.15) is 57.4 Å². The standard InChI is InChI=1S/C15H22N2O2/c1-14(2)9-7-10-15(3,4)17(14)19-13(18)12-8-5-6-11-16-12/h5-6,8,11H,7,9-10H2,1-4H3. The molecule has 0 bridgehead atoms. The van der Waals surface area contributed by atoms with E-state index in [9.17, 15) is 4.79 Å². The van der Waals surface area contributed by atoms with E-state index in [4.69, 9.17) is 4.84 Å². The molecule has 0 aromatic carbocycles. The fourth-order valence-electron chi connectivity index (χ4n) is 2.84. The van der Waals surface area contributed by atoms with Crippen LogP contribution in [0.15, 0.2) is 24.4 Å². The number of piperidine rings is 1. The largest absolute Gasteiger partial charge is 0.375 e. The van der Waals surface area contributed by atoms with Crippen LogP contribution in [0.2, 0.25) is 0 Å². The predicted octanol–water partition coefficient (Wildman–Crippen LogP) is 3.20. The molecular weight excluding hydrogens is 240 g/mol. The fourth-order valence-corrected chi connectivity index (χ4v) is 2.84. The summed E-state index contributed by atoms with van der Waals surface area (Å²) in [6, 6.07) is 5.24. The third-order valence-corrected chi connectivity index (χ3v) is 3.72. The zero-order valence-corrected chi connectivity index (χ0v) is 12.1. The van der Waals surface area contributed by atoms with Gasteiger partial charge in [-0.1, -0.05) is 6.07 Å². The first kappa shape index (κ1) is 14.0. The Bertz CT molecular complexity index is 438. The Hall–Kier alpha value is -1.42. The highest BCUT2D eigenvalue weighted by molar-refractivity contribution is 5.86. The number of pyridine rings is 1. The maximum atomic E-state index is 12.2. The molecule has 2 rings (SSSR count). The molecule has 0 amide bonds. The Kier molecular flexibility index (Phi) is 3.63. The molecule has 1 aromatic heterocycles. The third-order valence-electron chi connectivity index (χ3n) is 3.72. The van der Waals surface area contributed by atoms with E-state index in [-0.39, 0.29) is 17.0 Å². The van der Waals surface area contributed by atoms with Gasteiger partial charge < -0.3 is 4.84 Å². The van der Waals surface area contributed by atoms with Gasteiger partial charge in [0.1, 0.15) is 5.69 Å². The molecule has 2 heterocycles. The van der Waals surface area contributed by atoms with Crippen LogP contribution in [0.4, 0.5) is 0 Å². The molecule has 104 valence electrons. The molecule has 1 fully saturated rings. The lowest BCUT2D eigenvalue weighted by atomic mass is 9.82. The topological polar surface area (TPSA) is 42.4 Å². The molecule has 1 aliphatic rings. The average molecular weight is 262 g/mol. The number of nitrogens with zero attached hydrogens (tertiary/aromatic N) is 2. The molecule has 0 aliphatic carbocycles. The van der Waals surface area contributed by atoms with Crippen LogP contribution in [0, 0.1) is 0 Å². The number of carbonyl (C=O) groups is 1. The van der Waals surface area contributed by atoms with Crippen LogP contribution in [0.25, 0.3) is 0 Å². The Balaban J connectivity index is 2.18. The van der Waals surface area contributed by atoms with Crippen LogP contribution < -0.4 is 0 Å². The maximum absolute atomic E-state index is 12.2. The number of aromatic nitrogens is 1. The minimum absolute atomic E-state index is 0.147. The molecule has 4 heteroatoms. The van der Waals surface area contributed by atoms with Gasteiger partial charge >= 0.3 is 5.97 Å². The molecule has 0 saturated carbocycles. The Labute approximate surface area is 114 Å². The molecule has 19 heavy (non-hydrogen) atoms. The highest BCUT2D eigenvalue weighted by Crippen LogP contribution is 2.38. The summed E-state index contributed by atoms with van der Waals surface area (Å²) >= 11 is 0. The highest BCUT2D eigenvalue weighted by atomic mass is 16.7. The summed E-state index contributed by atoms with van der Waals surface area (Å²) in [6.07, 6.45) is 4.79. The molecule has 1 aliphatic heterocycles. The summed E-state index contributed by atoms with van der Waals surface area (Å²) in [5.74, 6) is -0.386. The zero-order chi connectivity index (χ0) is 14.1. The second-order valence-corrected chi connectivity index (χ2v) is 6.37. The minimum Gasteiger partial charge on any atom is -0.362 e. The first-order valence-corrected chi connectivity index (χ1v) is 6.77. The molecule has 0 unspecified atom stereocenters. The average Bonchev–Trinajstić information content (AvgIpc) is 2.34. The maximum Gasteiger partial charge on any atom is 0.375 e. The van der Waals surface area contributed by atoms with Crippen LogP contribution in [-0.4, -0.2) is 27.1 Å². The van der Waals surface area contributed by atoms with Crippen LogP contribution in [0.5, 0.6) is 0 Å². The third kappa shape index (κ3) is 2.95. The van der Waals surface area contributed by atoms with E-state index in [2.05, 4.69) is 32.7 Å². The second kappa shape index (κ2) is 4.93. The normalized spacial score (nSPS) is 21.9. The second-order valence-electron chi connectivity index (χ2n) is 6.37. The van der Waals surface area contributed by atoms with Crippen molar-refractivity contribution in [2.45, 2.75) is 58.0 Å². The van der Waals surface area contributed by atoms with Gasteiger partial charge in [0.25, 0.3) is 0 Å². The van der Waals surface area contributed by atoms with E-state index in [0.29, 0.717) is 5.69 Å². The minimum atomic E-state index is -0.386. The van der Waals surface area contributed by atoms with E-state index < -0.39 is 0 Å². The van der Waals surface area contributed by atoms with E-state index in [1.54, 1.807) is 24.4 Å². The Morgan fingerprint density at radius 1 is 1.21 bits per heavy atom. The first-order valence-electron chi connectivity index (χ1n) is 6.77. The van der Waals surface area contributed by atoms with Gasteiger partial charge in [-0.2, -0.15) is 0 Å². The van der Waals surface area contributed by atoms with Crippen molar-refractivity contribution in [2.75, 3.05) is 0 Å².